The zero-order valence-electron chi connectivity index (χ0n) is 20.6. The van der Waals surface area contributed by atoms with E-state index >= 15 is 0 Å². The molecule has 2 aromatic carbocycles. The van der Waals surface area contributed by atoms with Crippen molar-refractivity contribution in [3.05, 3.63) is 65.1 Å². The van der Waals surface area contributed by atoms with Crippen molar-refractivity contribution in [3.8, 4) is 5.75 Å². The predicted octanol–water partition coefficient (Wildman–Crippen LogP) is 5.35. The number of allylic oxidation sites excluding steroid dienone is 1. The molecule has 0 spiro atoms. The number of amides is 1. The summed E-state index contributed by atoms with van der Waals surface area (Å²) < 4.78 is 60.7. The molecule has 11 heteroatoms. The van der Waals surface area contributed by atoms with Crippen LogP contribution >= 0.6 is 0 Å². The van der Waals surface area contributed by atoms with E-state index in [1.165, 1.54) is 25.8 Å². The van der Waals surface area contributed by atoms with Crippen LogP contribution in [0.4, 0.5) is 23.2 Å². The maximum absolute atomic E-state index is 14.7. The van der Waals surface area contributed by atoms with Crippen LogP contribution in [0.3, 0.4) is 0 Å². The number of nitrogens with two attached hydrogens (primary N) is 1. The van der Waals surface area contributed by atoms with Gasteiger partial charge in [0.05, 0.1) is 18.1 Å². The average molecular weight is 534 g/mol. The summed E-state index contributed by atoms with van der Waals surface area (Å²) in [6.45, 7) is 0.668. The van der Waals surface area contributed by atoms with E-state index in [9.17, 15) is 27.2 Å². The van der Waals surface area contributed by atoms with Crippen molar-refractivity contribution in [2.24, 2.45) is 16.6 Å². The van der Waals surface area contributed by atoms with Crippen LogP contribution in [0, 0.1) is 11.7 Å². The smallest absolute Gasteiger partial charge is 0.465 e. The highest BCUT2D eigenvalue weighted by Gasteiger charge is 2.53. The normalized spacial score (nSPS) is 17.1. The number of hydrogen-bond acceptors (Lipinski definition) is 6. The molecule has 1 amide bonds. The maximum Gasteiger partial charge on any atom is 0.573 e. The molecule has 0 aliphatic heterocycles. The number of nitrogens with zero attached hydrogens (tertiary/aromatic N) is 1. The second-order valence-corrected chi connectivity index (χ2v) is 9.39. The number of aliphatic imine (C=N–C) groups is 1. The fraction of sp³-hybridized carbons (Fsp3) is 0.370. The number of methoxy groups -OCH3 is 1. The van der Waals surface area contributed by atoms with E-state index in [2.05, 4.69) is 15.0 Å². The Bertz CT molecular complexity index is 1280. The molecule has 0 atom stereocenters. The van der Waals surface area contributed by atoms with Gasteiger partial charge in [-0.15, -0.1) is 13.2 Å². The molecule has 0 heterocycles. The summed E-state index contributed by atoms with van der Waals surface area (Å²) in [5.74, 6) is -2.36. The van der Waals surface area contributed by atoms with Crippen molar-refractivity contribution in [1.82, 2.24) is 0 Å². The molecule has 2 aromatic rings. The van der Waals surface area contributed by atoms with Gasteiger partial charge in [-0.1, -0.05) is 18.6 Å². The Morgan fingerprint density at radius 2 is 1.89 bits per heavy atom. The van der Waals surface area contributed by atoms with Crippen LogP contribution < -0.4 is 15.8 Å². The molecule has 0 unspecified atom stereocenters. The first-order valence-corrected chi connectivity index (χ1v) is 12.1. The molecule has 0 radical (unpaired) electrons. The monoisotopic (exact) mass is 533 g/mol. The van der Waals surface area contributed by atoms with Crippen LogP contribution in [-0.4, -0.2) is 38.1 Å². The van der Waals surface area contributed by atoms with Crippen LogP contribution in [0.5, 0.6) is 5.75 Å². The summed E-state index contributed by atoms with van der Waals surface area (Å²) >= 11 is 0. The topological polar surface area (TPSA) is 103 Å². The van der Waals surface area contributed by atoms with Gasteiger partial charge in [-0.2, -0.15) is 0 Å². The molecule has 4 rings (SSSR count). The van der Waals surface area contributed by atoms with Gasteiger partial charge >= 0.3 is 12.3 Å². The third kappa shape index (κ3) is 5.98. The standard InChI is InChI=1S/C27H27F4N3O4/c1-37-24(35)21-11-18(5-7-20(21)17(13-32)15-33-14-16-3-2-4-16)34-25(36)26(9-10-26)22-8-6-19(12-23(22)28)38-27(29,30)31/h5-8,11-13,15-16H,2-4,9-10,14,32H2,1H3,(H,34,36). The quantitative estimate of drug-likeness (QED) is 0.257. The Morgan fingerprint density at radius 3 is 2.45 bits per heavy atom. The Morgan fingerprint density at radius 1 is 1.16 bits per heavy atom. The van der Waals surface area contributed by atoms with Gasteiger partial charge in [-0.25, -0.2) is 9.18 Å². The van der Waals surface area contributed by atoms with E-state index < -0.39 is 35.2 Å². The Labute approximate surface area is 216 Å². The molecule has 202 valence electrons. The number of rotatable bonds is 9. The molecule has 0 bridgehead atoms. The lowest BCUT2D eigenvalue weighted by Crippen LogP contribution is -2.29. The molecule has 2 saturated carbocycles. The highest BCUT2D eigenvalue weighted by atomic mass is 19.4. The summed E-state index contributed by atoms with van der Waals surface area (Å²) in [7, 11) is 1.22. The first kappa shape index (κ1) is 27.2. The lowest BCUT2D eigenvalue weighted by atomic mass is 9.86. The van der Waals surface area contributed by atoms with Crippen molar-refractivity contribution in [2.75, 3.05) is 19.0 Å². The molecule has 2 fully saturated rings. The van der Waals surface area contributed by atoms with Gasteiger partial charge in [-0.05, 0) is 55.4 Å². The van der Waals surface area contributed by atoms with Crippen LogP contribution in [0.25, 0.3) is 5.57 Å². The number of hydrogen-bond donors (Lipinski definition) is 2. The van der Waals surface area contributed by atoms with Crippen molar-refractivity contribution < 1.29 is 36.6 Å². The number of alkyl halides is 3. The number of halogens is 4. The minimum Gasteiger partial charge on any atom is -0.465 e. The number of carbonyl (C=O) groups is 2. The van der Waals surface area contributed by atoms with Crippen molar-refractivity contribution in [3.63, 3.8) is 0 Å². The first-order valence-electron chi connectivity index (χ1n) is 12.1. The molecule has 7 nitrogen and oxygen atoms in total. The zero-order valence-corrected chi connectivity index (χ0v) is 20.6. The second kappa shape index (κ2) is 10.8. The maximum atomic E-state index is 14.7. The lowest BCUT2D eigenvalue weighted by molar-refractivity contribution is -0.274. The highest BCUT2D eigenvalue weighted by Crippen LogP contribution is 2.50. The largest absolute Gasteiger partial charge is 0.573 e. The predicted molar refractivity (Wildman–Crippen MR) is 133 cm³/mol. The van der Waals surface area contributed by atoms with E-state index in [0.29, 0.717) is 42.5 Å². The van der Waals surface area contributed by atoms with Gasteiger partial charge in [-0.3, -0.25) is 9.79 Å². The van der Waals surface area contributed by atoms with Crippen LogP contribution in [0.1, 0.15) is 53.6 Å². The highest BCUT2D eigenvalue weighted by molar-refractivity contribution is 6.14. The van der Waals surface area contributed by atoms with Gasteiger partial charge in [0, 0.05) is 41.8 Å². The Hall–Kier alpha value is -3.89. The Balaban J connectivity index is 1.54. The van der Waals surface area contributed by atoms with Crippen LogP contribution in [-0.2, 0) is 14.9 Å². The molecule has 3 N–H and O–H groups in total. The number of nitrogens with one attached hydrogen (secondary N) is 1. The average Bonchev–Trinajstić information content (AvgIpc) is 3.64. The van der Waals surface area contributed by atoms with E-state index in [1.807, 2.05) is 0 Å². The minimum atomic E-state index is -4.96. The molecule has 2 aliphatic rings. The molecule has 0 aromatic heterocycles. The number of carbonyl (C=O) groups excluding carboxylic acids is 2. The fourth-order valence-electron chi connectivity index (χ4n) is 4.41. The number of benzene rings is 2. The van der Waals surface area contributed by atoms with E-state index in [4.69, 9.17) is 10.5 Å². The van der Waals surface area contributed by atoms with Gasteiger partial charge < -0.3 is 20.5 Å². The molecule has 2 aliphatic carbocycles. The third-order valence-electron chi connectivity index (χ3n) is 6.87. The second-order valence-electron chi connectivity index (χ2n) is 9.39. The van der Waals surface area contributed by atoms with Gasteiger partial charge in [0.15, 0.2) is 0 Å². The van der Waals surface area contributed by atoms with Crippen molar-refractivity contribution in [2.45, 2.75) is 43.9 Å². The van der Waals surface area contributed by atoms with Gasteiger partial charge in [0.25, 0.3) is 0 Å². The number of anilines is 1. The minimum absolute atomic E-state index is 0.0367. The molecular weight excluding hydrogens is 506 g/mol. The summed E-state index contributed by atoms with van der Waals surface area (Å²) in [5, 5.41) is 2.69. The van der Waals surface area contributed by atoms with Gasteiger partial charge in [0.2, 0.25) is 5.91 Å². The molecule has 0 saturated heterocycles. The first-order chi connectivity index (χ1) is 18.1. The van der Waals surface area contributed by atoms with E-state index in [0.717, 1.165) is 25.0 Å². The summed E-state index contributed by atoms with van der Waals surface area (Å²) in [6, 6.07) is 7.28. The zero-order chi connectivity index (χ0) is 27.5. The lowest BCUT2D eigenvalue weighted by Gasteiger charge is -2.22. The van der Waals surface area contributed by atoms with Crippen molar-refractivity contribution >= 4 is 29.4 Å². The number of ether oxygens (including phenoxy) is 2. The SMILES string of the molecule is COC(=O)c1cc(NC(=O)C2(c3ccc(OC(F)(F)F)cc3F)CC2)ccc1C(C=NCC1CCC1)=CN. The van der Waals surface area contributed by atoms with Crippen LogP contribution in [0.15, 0.2) is 47.6 Å². The summed E-state index contributed by atoms with van der Waals surface area (Å²) in [6.07, 6.45) is 2.04. The number of esters is 1. The third-order valence-corrected chi connectivity index (χ3v) is 6.87. The Kier molecular flexibility index (Phi) is 7.75. The van der Waals surface area contributed by atoms with E-state index in [1.54, 1.807) is 18.3 Å². The fourth-order valence-corrected chi connectivity index (χ4v) is 4.41. The summed E-state index contributed by atoms with van der Waals surface area (Å²) in [5.41, 5.74) is 5.88. The van der Waals surface area contributed by atoms with Crippen molar-refractivity contribution in [1.29, 1.82) is 0 Å². The molecule has 38 heavy (non-hydrogen) atoms. The van der Waals surface area contributed by atoms with Gasteiger partial charge in [0.1, 0.15) is 11.6 Å². The molecular formula is C27H27F4N3O4. The van der Waals surface area contributed by atoms with Crippen LogP contribution in [0.2, 0.25) is 0 Å². The summed E-state index contributed by atoms with van der Waals surface area (Å²) in [4.78, 5) is 30.2. The van der Waals surface area contributed by atoms with E-state index in [-0.39, 0.29) is 16.8 Å².